The molecule has 0 saturated carbocycles. The summed E-state index contributed by atoms with van der Waals surface area (Å²) < 4.78 is 7.04. The SMILES string of the molecule is CCC1(CO)CC(=O)OCc2c1cc1n(c2=O)Cc2c-1nc1ccccc1c2/C=N/OCc1ccncc1. The molecular formula is C29H26N4O5. The fourth-order valence-electron chi connectivity index (χ4n) is 5.43. The molecule has 0 amide bonds. The molecule has 1 N–H and O–H groups in total. The van der Waals surface area contributed by atoms with Crippen LogP contribution in [0.2, 0.25) is 0 Å². The van der Waals surface area contributed by atoms with Gasteiger partial charge in [0.15, 0.2) is 0 Å². The third-order valence-electron chi connectivity index (χ3n) is 7.64. The van der Waals surface area contributed by atoms with Gasteiger partial charge in [0.1, 0.15) is 13.2 Å². The molecule has 6 rings (SSSR count). The van der Waals surface area contributed by atoms with Crippen molar-refractivity contribution in [3.8, 4) is 11.4 Å². The number of hydrogen-bond donors (Lipinski definition) is 1. The summed E-state index contributed by atoms with van der Waals surface area (Å²) >= 11 is 0. The number of aliphatic hydroxyl groups is 1. The number of carbonyl (C=O) groups excluding carboxylic acids is 1. The van der Waals surface area contributed by atoms with Crippen LogP contribution in [0.3, 0.4) is 0 Å². The first-order chi connectivity index (χ1) is 18.5. The van der Waals surface area contributed by atoms with Gasteiger partial charge in [0.05, 0.1) is 48.3 Å². The van der Waals surface area contributed by atoms with Crippen LogP contribution in [0.4, 0.5) is 0 Å². The Morgan fingerprint density at radius 3 is 2.79 bits per heavy atom. The standard InChI is InChI=1S/C29H26N4O5/c1-2-29(17-34)12-26(35)37-16-22-23(29)11-25-27-21(14-33(25)28(22)36)20(19-5-3-4-6-24(19)32-27)13-31-38-15-18-7-9-30-10-8-18/h3-11,13,34H,2,12,14-17H2,1H3/b31-13+. The number of aliphatic hydroxyl groups excluding tert-OH is 1. The van der Waals surface area contributed by atoms with Crippen LogP contribution in [0.5, 0.6) is 0 Å². The van der Waals surface area contributed by atoms with E-state index in [1.54, 1.807) is 23.2 Å². The molecule has 2 aliphatic heterocycles. The Balaban J connectivity index is 1.48. The van der Waals surface area contributed by atoms with Crippen molar-refractivity contribution in [3.05, 3.63) is 93.0 Å². The highest BCUT2D eigenvalue weighted by Crippen LogP contribution is 2.41. The number of ether oxygens (including phenoxy) is 1. The number of aromatic nitrogens is 3. The monoisotopic (exact) mass is 510 g/mol. The first kappa shape index (κ1) is 24.0. The highest BCUT2D eigenvalue weighted by molar-refractivity contribution is 6.02. The van der Waals surface area contributed by atoms with E-state index in [0.29, 0.717) is 42.1 Å². The van der Waals surface area contributed by atoms with Crippen LogP contribution in [0.25, 0.3) is 22.3 Å². The van der Waals surface area contributed by atoms with Crippen LogP contribution >= 0.6 is 0 Å². The number of rotatable bonds is 6. The van der Waals surface area contributed by atoms with Crippen molar-refractivity contribution >= 4 is 23.1 Å². The summed E-state index contributed by atoms with van der Waals surface area (Å²) in [5.74, 6) is -0.420. The first-order valence-electron chi connectivity index (χ1n) is 12.5. The molecular weight excluding hydrogens is 484 g/mol. The number of hydrogen-bond acceptors (Lipinski definition) is 8. The number of carbonyl (C=O) groups is 1. The van der Waals surface area contributed by atoms with Gasteiger partial charge in [0.2, 0.25) is 0 Å². The van der Waals surface area contributed by atoms with Crippen molar-refractivity contribution in [2.24, 2.45) is 5.16 Å². The average molecular weight is 511 g/mol. The van der Waals surface area contributed by atoms with Crippen molar-refractivity contribution in [2.45, 2.75) is 44.9 Å². The number of pyridine rings is 3. The smallest absolute Gasteiger partial charge is 0.307 e. The Morgan fingerprint density at radius 1 is 1.18 bits per heavy atom. The van der Waals surface area contributed by atoms with E-state index in [-0.39, 0.29) is 25.2 Å². The minimum atomic E-state index is -0.887. The molecule has 9 nitrogen and oxygen atoms in total. The maximum atomic E-state index is 13.8. The summed E-state index contributed by atoms with van der Waals surface area (Å²) in [5, 5.41) is 15.5. The Hall–Kier alpha value is -4.37. The van der Waals surface area contributed by atoms with Crippen LogP contribution < -0.4 is 5.56 Å². The van der Waals surface area contributed by atoms with Crippen molar-refractivity contribution < 1.29 is 19.5 Å². The van der Waals surface area contributed by atoms with Gasteiger partial charge >= 0.3 is 5.97 Å². The molecule has 1 atom stereocenters. The van der Waals surface area contributed by atoms with Gasteiger partial charge in [-0.25, -0.2) is 4.98 Å². The van der Waals surface area contributed by atoms with Crippen LogP contribution in [-0.2, 0) is 39.5 Å². The molecule has 0 saturated heterocycles. The van der Waals surface area contributed by atoms with Gasteiger partial charge in [0.25, 0.3) is 5.56 Å². The van der Waals surface area contributed by atoms with Crippen molar-refractivity contribution in [1.82, 2.24) is 14.5 Å². The highest BCUT2D eigenvalue weighted by Gasteiger charge is 2.40. The molecule has 1 unspecified atom stereocenters. The van der Waals surface area contributed by atoms with Crippen molar-refractivity contribution in [3.63, 3.8) is 0 Å². The lowest BCUT2D eigenvalue weighted by molar-refractivity contribution is -0.146. The lowest BCUT2D eigenvalue weighted by Crippen LogP contribution is -2.35. The number of benzene rings is 1. The summed E-state index contributed by atoms with van der Waals surface area (Å²) in [4.78, 5) is 40.7. The van der Waals surface area contributed by atoms with E-state index in [0.717, 1.165) is 27.6 Å². The van der Waals surface area contributed by atoms with Crippen molar-refractivity contribution in [2.75, 3.05) is 6.61 Å². The van der Waals surface area contributed by atoms with E-state index < -0.39 is 11.4 Å². The second kappa shape index (κ2) is 9.50. The van der Waals surface area contributed by atoms with Crippen LogP contribution in [0.15, 0.2) is 64.8 Å². The zero-order valence-corrected chi connectivity index (χ0v) is 20.9. The third-order valence-corrected chi connectivity index (χ3v) is 7.64. The van der Waals surface area contributed by atoms with E-state index >= 15 is 0 Å². The van der Waals surface area contributed by atoms with Gasteiger partial charge in [-0.2, -0.15) is 0 Å². The van der Waals surface area contributed by atoms with Crippen LogP contribution in [-0.4, -0.2) is 38.4 Å². The highest BCUT2D eigenvalue weighted by atomic mass is 16.6. The molecule has 3 aromatic heterocycles. The molecule has 4 aromatic rings. The average Bonchev–Trinajstić information content (AvgIpc) is 3.24. The fourth-order valence-corrected chi connectivity index (χ4v) is 5.43. The molecule has 9 heteroatoms. The number of nitrogens with zero attached hydrogens (tertiary/aromatic N) is 4. The van der Waals surface area contributed by atoms with Gasteiger partial charge in [0, 0.05) is 34.3 Å². The lowest BCUT2D eigenvalue weighted by Gasteiger charge is -2.30. The van der Waals surface area contributed by atoms with Gasteiger partial charge < -0.3 is 19.2 Å². The minimum absolute atomic E-state index is 0.0145. The Labute approximate surface area is 218 Å². The normalized spacial score (nSPS) is 18.1. The van der Waals surface area contributed by atoms with Gasteiger partial charge in [-0.15, -0.1) is 0 Å². The Morgan fingerprint density at radius 2 is 2.00 bits per heavy atom. The molecule has 5 heterocycles. The number of cyclic esters (lactones) is 1. The second-order valence-corrected chi connectivity index (χ2v) is 9.68. The first-order valence-corrected chi connectivity index (χ1v) is 12.5. The van der Waals surface area contributed by atoms with Crippen molar-refractivity contribution in [1.29, 1.82) is 0 Å². The summed E-state index contributed by atoms with van der Waals surface area (Å²) in [6.45, 7) is 2.13. The molecule has 38 heavy (non-hydrogen) atoms. The Kier molecular flexibility index (Phi) is 6.00. The quantitative estimate of drug-likeness (QED) is 0.211. The molecule has 192 valence electrons. The molecule has 0 bridgehead atoms. The van der Waals surface area contributed by atoms with E-state index in [1.165, 1.54) is 0 Å². The lowest BCUT2D eigenvalue weighted by atomic mass is 9.74. The molecule has 1 aromatic carbocycles. The van der Waals surface area contributed by atoms with Gasteiger partial charge in [-0.05, 0) is 41.8 Å². The molecule has 0 radical (unpaired) electrons. The predicted octanol–water partition coefficient (Wildman–Crippen LogP) is 3.46. The van der Waals surface area contributed by atoms with Gasteiger partial charge in [-0.1, -0.05) is 30.3 Å². The summed E-state index contributed by atoms with van der Waals surface area (Å²) in [6.07, 6.45) is 5.58. The summed E-state index contributed by atoms with van der Waals surface area (Å²) in [5.41, 5.74) is 4.67. The van der Waals surface area contributed by atoms with E-state index in [4.69, 9.17) is 14.6 Å². The third kappa shape index (κ3) is 3.86. The topological polar surface area (TPSA) is 116 Å². The van der Waals surface area contributed by atoms with E-state index in [9.17, 15) is 14.7 Å². The van der Waals surface area contributed by atoms with Crippen LogP contribution in [0.1, 0.15) is 47.6 Å². The van der Waals surface area contributed by atoms with E-state index in [1.807, 2.05) is 49.4 Å². The van der Waals surface area contributed by atoms with E-state index in [2.05, 4.69) is 10.1 Å². The fraction of sp³-hybridized carbons (Fsp3) is 0.276. The zero-order valence-electron chi connectivity index (χ0n) is 20.9. The predicted molar refractivity (Wildman–Crippen MR) is 141 cm³/mol. The Bertz CT molecular complexity index is 1640. The zero-order chi connectivity index (χ0) is 26.3. The van der Waals surface area contributed by atoms with Gasteiger partial charge in [-0.3, -0.25) is 14.6 Å². The summed E-state index contributed by atoms with van der Waals surface area (Å²) in [7, 11) is 0. The number of para-hydroxylation sites is 1. The summed E-state index contributed by atoms with van der Waals surface area (Å²) in [6, 6.07) is 13.4. The molecule has 0 fully saturated rings. The largest absolute Gasteiger partial charge is 0.461 e. The molecule has 0 aliphatic carbocycles. The maximum Gasteiger partial charge on any atom is 0.307 e. The maximum absolute atomic E-state index is 13.8. The second-order valence-electron chi connectivity index (χ2n) is 9.68. The number of esters is 1. The van der Waals surface area contributed by atoms with Crippen LogP contribution in [0, 0.1) is 0 Å². The minimum Gasteiger partial charge on any atom is -0.461 e. The number of oxime groups is 1. The number of fused-ring (bicyclic) bond motifs is 5. The molecule has 0 spiro atoms. The molecule has 2 aliphatic rings.